The lowest BCUT2D eigenvalue weighted by molar-refractivity contribution is 0.479. The van der Waals surface area contributed by atoms with Crippen molar-refractivity contribution in [2.45, 2.75) is 28.2 Å². The smallest absolute Gasteiger partial charge is 0.0689 e. The summed E-state index contributed by atoms with van der Waals surface area (Å²) in [5.41, 5.74) is 0. The van der Waals surface area contributed by atoms with Crippen LogP contribution in [0.15, 0.2) is 0 Å². The molecule has 2 atom stereocenters. The summed E-state index contributed by atoms with van der Waals surface area (Å²) in [7, 11) is 0. The quantitative estimate of drug-likeness (QED) is 0.301. The van der Waals surface area contributed by atoms with Crippen LogP contribution >= 0.6 is 57.1 Å². The summed E-state index contributed by atoms with van der Waals surface area (Å²) in [5.74, 6) is 0. The van der Waals surface area contributed by atoms with E-state index < -0.39 is 0 Å². The van der Waals surface area contributed by atoms with E-state index in [9.17, 15) is 0 Å². The zero-order valence-corrected chi connectivity index (χ0v) is 12.3. The Hall–Kier alpha value is 1.77. The Balaban J connectivity index is 3.68. The molecule has 0 saturated heterocycles. The second-order valence-electron chi connectivity index (χ2n) is 2.36. The van der Waals surface area contributed by atoms with Crippen molar-refractivity contribution in [3.8, 4) is 0 Å². The molecule has 0 rings (SSSR count). The number of rotatable bonds is 5. The van der Waals surface area contributed by atoms with E-state index in [-0.39, 0.29) is 0 Å². The highest BCUT2D eigenvalue weighted by atomic mass is 127. The van der Waals surface area contributed by atoms with Crippen LogP contribution in [0.4, 0.5) is 0 Å². The molecule has 0 heterocycles. The van der Waals surface area contributed by atoms with Crippen LogP contribution in [0.3, 0.4) is 0 Å². The molecule has 0 aliphatic heterocycles. The lowest BCUT2D eigenvalue weighted by Crippen LogP contribution is -2.27. The highest BCUT2D eigenvalue weighted by Crippen LogP contribution is 2.19. The van der Waals surface area contributed by atoms with E-state index in [0.29, 0.717) is 4.05 Å². The maximum absolute atomic E-state index is 2.52. The van der Waals surface area contributed by atoms with Gasteiger partial charge >= 0.3 is 0 Å². The van der Waals surface area contributed by atoms with Crippen LogP contribution < -0.4 is 0 Å². The van der Waals surface area contributed by atoms with E-state index in [1.165, 1.54) is 13.0 Å². The summed E-state index contributed by atoms with van der Waals surface area (Å²) in [5, 5.41) is 0. The van der Waals surface area contributed by atoms with Gasteiger partial charge in [0.25, 0.3) is 0 Å². The fraction of sp³-hybridized carbons (Fsp3) is 1.00. The summed E-state index contributed by atoms with van der Waals surface area (Å²) in [6.07, 6.45) is 3.41. The van der Waals surface area contributed by atoms with E-state index in [0.717, 1.165) is 3.92 Å². The Morgan fingerprint density at radius 2 is 2.00 bits per heavy atom. The second kappa shape index (κ2) is 7.20. The lowest BCUT2D eigenvalue weighted by atomic mass is 10.3. The maximum atomic E-state index is 2.52. The van der Waals surface area contributed by atoms with E-state index in [1.54, 1.807) is 0 Å². The van der Waals surface area contributed by atoms with Gasteiger partial charge < -0.3 is 0 Å². The summed E-state index contributed by atoms with van der Waals surface area (Å²) in [6, 6.07) is 0. The van der Waals surface area contributed by atoms with Crippen molar-refractivity contribution in [1.82, 2.24) is 4.31 Å². The Morgan fingerprint density at radius 1 is 1.45 bits per heavy atom. The van der Waals surface area contributed by atoms with Crippen LogP contribution in [0.25, 0.3) is 0 Å². The Labute approximate surface area is 101 Å². The van der Waals surface area contributed by atoms with Crippen LogP contribution in [0.5, 0.6) is 0 Å². The molecular formula is C7H15I2NS. The SMILES string of the molecule is CCC(I)CN(SC)C(C)I. The third-order valence-corrected chi connectivity index (χ3v) is 4.71. The standard InChI is InChI=1S/C7H15I2NS/c1-4-7(9)5-10(11-3)6(2)8/h6-7H,4-5H2,1-3H3. The van der Waals surface area contributed by atoms with E-state index >= 15 is 0 Å². The molecule has 4 heteroatoms. The van der Waals surface area contributed by atoms with Gasteiger partial charge in [-0.15, -0.1) is 0 Å². The lowest BCUT2D eigenvalue weighted by Gasteiger charge is -2.24. The normalized spacial score (nSPS) is 16.9. The molecule has 0 radical (unpaired) electrons. The summed E-state index contributed by atoms with van der Waals surface area (Å²) in [4.78, 5) is 0. The summed E-state index contributed by atoms with van der Waals surface area (Å²) >= 11 is 6.82. The van der Waals surface area contributed by atoms with Crippen LogP contribution in [0.1, 0.15) is 20.3 Å². The number of halogens is 2. The molecule has 0 saturated carbocycles. The second-order valence-corrected chi connectivity index (χ2v) is 6.76. The van der Waals surface area contributed by atoms with Gasteiger partial charge in [-0.25, -0.2) is 4.31 Å². The van der Waals surface area contributed by atoms with Gasteiger partial charge in [-0.3, -0.25) is 0 Å². The molecule has 68 valence electrons. The van der Waals surface area contributed by atoms with Crippen molar-refractivity contribution in [3.63, 3.8) is 0 Å². The Bertz CT molecular complexity index is 100. The van der Waals surface area contributed by atoms with Gasteiger partial charge in [-0.2, -0.15) is 0 Å². The van der Waals surface area contributed by atoms with Gasteiger partial charge in [-0.05, 0) is 19.6 Å². The average molecular weight is 399 g/mol. The third kappa shape index (κ3) is 5.93. The zero-order chi connectivity index (χ0) is 8.85. The van der Waals surface area contributed by atoms with Crippen molar-refractivity contribution in [2.24, 2.45) is 0 Å². The van der Waals surface area contributed by atoms with Crippen molar-refractivity contribution in [3.05, 3.63) is 0 Å². The first kappa shape index (κ1) is 12.8. The summed E-state index contributed by atoms with van der Waals surface area (Å²) < 4.78 is 3.84. The van der Waals surface area contributed by atoms with Crippen molar-refractivity contribution >= 4 is 57.1 Å². The van der Waals surface area contributed by atoms with Gasteiger partial charge in [0.1, 0.15) is 0 Å². The van der Waals surface area contributed by atoms with Crippen LogP contribution in [0, 0.1) is 0 Å². The van der Waals surface area contributed by atoms with E-state index in [1.807, 2.05) is 11.9 Å². The van der Waals surface area contributed by atoms with E-state index in [4.69, 9.17) is 0 Å². The fourth-order valence-corrected chi connectivity index (χ4v) is 2.91. The van der Waals surface area contributed by atoms with Gasteiger partial charge in [0.05, 0.1) is 4.05 Å². The first-order chi connectivity index (χ1) is 5.11. The number of hydrogen-bond donors (Lipinski definition) is 0. The molecule has 0 aliphatic rings. The first-order valence-electron chi connectivity index (χ1n) is 3.70. The molecule has 0 aromatic heterocycles. The molecule has 1 nitrogen and oxygen atoms in total. The zero-order valence-electron chi connectivity index (χ0n) is 7.18. The highest BCUT2D eigenvalue weighted by Gasteiger charge is 2.12. The van der Waals surface area contributed by atoms with Crippen molar-refractivity contribution < 1.29 is 0 Å². The third-order valence-electron chi connectivity index (χ3n) is 1.45. The predicted octanol–water partition coefficient (Wildman–Crippen LogP) is 3.56. The molecule has 0 aromatic carbocycles. The highest BCUT2D eigenvalue weighted by molar-refractivity contribution is 14.1. The summed E-state index contributed by atoms with van der Waals surface area (Å²) in [6.45, 7) is 5.67. The van der Waals surface area contributed by atoms with Crippen LogP contribution in [-0.2, 0) is 0 Å². The van der Waals surface area contributed by atoms with Crippen molar-refractivity contribution in [2.75, 3.05) is 12.8 Å². The molecule has 0 aliphatic carbocycles. The minimum absolute atomic E-state index is 0.631. The number of alkyl halides is 2. The minimum atomic E-state index is 0.631. The fourth-order valence-electron chi connectivity index (χ4n) is 0.689. The largest absolute Gasteiger partial charge is 0.237 e. The first-order valence-corrected chi connectivity index (χ1v) is 7.38. The molecule has 2 unspecified atom stereocenters. The molecule has 0 spiro atoms. The number of hydrogen-bond acceptors (Lipinski definition) is 2. The molecule has 0 amide bonds. The van der Waals surface area contributed by atoms with Gasteiger partial charge in [0.15, 0.2) is 0 Å². The van der Waals surface area contributed by atoms with Crippen LogP contribution in [-0.4, -0.2) is 25.1 Å². The molecule has 0 N–H and O–H groups in total. The monoisotopic (exact) mass is 399 g/mol. The number of nitrogens with zero attached hydrogens (tertiary/aromatic N) is 1. The molecule has 0 bridgehead atoms. The molecule has 0 aromatic rings. The van der Waals surface area contributed by atoms with Gasteiger partial charge in [-0.1, -0.05) is 64.1 Å². The topological polar surface area (TPSA) is 3.24 Å². The predicted molar refractivity (Wildman–Crippen MR) is 71.8 cm³/mol. The Morgan fingerprint density at radius 3 is 2.27 bits per heavy atom. The average Bonchev–Trinajstić information content (AvgIpc) is 1.99. The van der Waals surface area contributed by atoms with Crippen LogP contribution in [0.2, 0.25) is 0 Å². The van der Waals surface area contributed by atoms with E-state index in [2.05, 4.69) is 69.6 Å². The van der Waals surface area contributed by atoms with Crippen molar-refractivity contribution in [1.29, 1.82) is 0 Å². The van der Waals surface area contributed by atoms with Gasteiger partial charge in [0.2, 0.25) is 0 Å². The maximum Gasteiger partial charge on any atom is 0.0689 e. The molecule has 0 fully saturated rings. The molecular weight excluding hydrogens is 384 g/mol. The molecule has 11 heavy (non-hydrogen) atoms. The Kier molecular flexibility index (Phi) is 8.36. The van der Waals surface area contributed by atoms with Gasteiger partial charge in [0, 0.05) is 10.5 Å². The minimum Gasteiger partial charge on any atom is -0.237 e.